The SMILES string of the molecule is CN=C(NCc1cc(C(C)C)no1)NCc1cc2c(cc1OC(F)F)OCO2.I. The molecule has 2 N–H and O–H groups in total. The molecule has 160 valence electrons. The lowest BCUT2D eigenvalue weighted by atomic mass is 10.1. The molecule has 0 saturated heterocycles. The van der Waals surface area contributed by atoms with Gasteiger partial charge in [-0.25, -0.2) is 0 Å². The number of hydrogen-bond acceptors (Lipinski definition) is 6. The van der Waals surface area contributed by atoms with E-state index >= 15 is 0 Å². The quantitative estimate of drug-likeness (QED) is 0.325. The van der Waals surface area contributed by atoms with Gasteiger partial charge in [0.1, 0.15) is 5.75 Å². The lowest BCUT2D eigenvalue weighted by molar-refractivity contribution is -0.0505. The third-order valence-electron chi connectivity index (χ3n) is 4.04. The highest BCUT2D eigenvalue weighted by Crippen LogP contribution is 2.38. The Labute approximate surface area is 184 Å². The van der Waals surface area contributed by atoms with Gasteiger partial charge in [0.25, 0.3) is 0 Å². The number of rotatable bonds is 7. The van der Waals surface area contributed by atoms with E-state index in [9.17, 15) is 8.78 Å². The number of aromatic nitrogens is 1. The summed E-state index contributed by atoms with van der Waals surface area (Å²) in [5, 5.41) is 10.1. The van der Waals surface area contributed by atoms with Crippen molar-refractivity contribution in [3.05, 3.63) is 35.2 Å². The van der Waals surface area contributed by atoms with E-state index in [0.29, 0.717) is 35.3 Å². The molecule has 8 nitrogen and oxygen atoms in total. The molecule has 0 amide bonds. The Kier molecular flexibility index (Phi) is 8.29. The maximum absolute atomic E-state index is 12.7. The van der Waals surface area contributed by atoms with Gasteiger partial charge in [0.15, 0.2) is 23.2 Å². The van der Waals surface area contributed by atoms with Gasteiger partial charge in [-0.15, -0.1) is 24.0 Å². The van der Waals surface area contributed by atoms with Crippen LogP contribution in [0.3, 0.4) is 0 Å². The number of aliphatic imine (C=N–C) groups is 1. The molecule has 2 heterocycles. The van der Waals surface area contributed by atoms with E-state index < -0.39 is 6.61 Å². The molecule has 1 aromatic heterocycles. The molecule has 0 atom stereocenters. The van der Waals surface area contributed by atoms with Crippen LogP contribution >= 0.6 is 24.0 Å². The predicted octanol–water partition coefficient (Wildman–Crippen LogP) is 3.61. The molecule has 0 saturated carbocycles. The van der Waals surface area contributed by atoms with E-state index in [1.165, 1.54) is 6.07 Å². The first kappa shape index (κ1) is 23.0. The number of nitrogens with zero attached hydrogens (tertiary/aromatic N) is 2. The number of fused-ring (bicyclic) bond motifs is 1. The van der Waals surface area contributed by atoms with Crippen molar-refractivity contribution >= 4 is 29.9 Å². The summed E-state index contributed by atoms with van der Waals surface area (Å²) in [6.07, 6.45) is 0. The maximum atomic E-state index is 12.7. The van der Waals surface area contributed by atoms with Crippen LogP contribution in [-0.2, 0) is 13.1 Å². The molecule has 0 spiro atoms. The minimum atomic E-state index is -2.95. The summed E-state index contributed by atoms with van der Waals surface area (Å²) in [5.41, 5.74) is 1.35. The Balaban J connectivity index is 0.00000300. The van der Waals surface area contributed by atoms with Gasteiger partial charge in [-0.3, -0.25) is 4.99 Å². The normalized spacial score (nSPS) is 12.9. The number of ether oxygens (including phenoxy) is 3. The Morgan fingerprint density at radius 1 is 1.17 bits per heavy atom. The fraction of sp³-hybridized carbons (Fsp3) is 0.444. The van der Waals surface area contributed by atoms with Crippen LogP contribution in [0, 0.1) is 0 Å². The smallest absolute Gasteiger partial charge is 0.387 e. The second-order valence-corrected chi connectivity index (χ2v) is 6.34. The average Bonchev–Trinajstić information content (AvgIpc) is 3.30. The van der Waals surface area contributed by atoms with E-state index in [2.05, 4.69) is 25.5 Å². The molecule has 11 heteroatoms. The molecule has 1 aliphatic rings. The Morgan fingerprint density at radius 3 is 2.48 bits per heavy atom. The van der Waals surface area contributed by atoms with Gasteiger partial charge in [-0.05, 0) is 12.0 Å². The number of halogens is 3. The second kappa shape index (κ2) is 10.5. The largest absolute Gasteiger partial charge is 0.454 e. The number of guanidine groups is 1. The predicted molar refractivity (Wildman–Crippen MR) is 112 cm³/mol. The molecule has 1 aliphatic heterocycles. The van der Waals surface area contributed by atoms with Gasteiger partial charge < -0.3 is 29.4 Å². The first-order valence-electron chi connectivity index (χ1n) is 8.73. The molecule has 1 aromatic carbocycles. The molecule has 0 fully saturated rings. The third kappa shape index (κ3) is 6.08. The summed E-state index contributed by atoms with van der Waals surface area (Å²) in [4.78, 5) is 4.11. The monoisotopic (exact) mass is 524 g/mol. The van der Waals surface area contributed by atoms with Crippen LogP contribution in [-0.4, -0.2) is 31.6 Å². The number of hydrogen-bond donors (Lipinski definition) is 2. The summed E-state index contributed by atoms with van der Waals surface area (Å²) < 4.78 is 45.8. The van der Waals surface area contributed by atoms with Crippen molar-refractivity contribution in [3.63, 3.8) is 0 Å². The van der Waals surface area contributed by atoms with Crippen molar-refractivity contribution in [2.24, 2.45) is 4.99 Å². The molecular formula is C18H23F2IN4O4. The summed E-state index contributed by atoms with van der Waals surface area (Å²) in [5.74, 6) is 2.25. The standard InChI is InChI=1S/C18H22F2N4O4.HI/c1-10(2)13-5-12(28-24-13)8-23-18(21-3)22-7-11-4-15-16(26-9-25-15)6-14(11)27-17(19)20;/h4-6,10,17H,7-9H2,1-3H3,(H2,21,22,23);1H. The first-order valence-corrected chi connectivity index (χ1v) is 8.73. The highest BCUT2D eigenvalue weighted by Gasteiger charge is 2.20. The van der Waals surface area contributed by atoms with Crippen LogP contribution < -0.4 is 24.8 Å². The third-order valence-corrected chi connectivity index (χ3v) is 4.04. The summed E-state index contributed by atoms with van der Waals surface area (Å²) in [6.45, 7) is 1.71. The van der Waals surface area contributed by atoms with E-state index in [1.54, 1.807) is 13.1 Å². The van der Waals surface area contributed by atoms with E-state index in [0.717, 1.165) is 5.69 Å². The lowest BCUT2D eigenvalue weighted by Gasteiger charge is -2.14. The second-order valence-electron chi connectivity index (χ2n) is 6.34. The summed E-state index contributed by atoms with van der Waals surface area (Å²) in [6, 6.07) is 4.87. The Morgan fingerprint density at radius 2 is 1.86 bits per heavy atom. The van der Waals surface area contributed by atoms with Crippen LogP contribution in [0.1, 0.15) is 36.8 Å². The maximum Gasteiger partial charge on any atom is 0.387 e. The van der Waals surface area contributed by atoms with Gasteiger partial charge >= 0.3 is 6.61 Å². The Hall–Kier alpha value is -2.31. The number of nitrogens with one attached hydrogen (secondary N) is 2. The van der Waals surface area contributed by atoms with Gasteiger partial charge in [-0.2, -0.15) is 8.78 Å². The van der Waals surface area contributed by atoms with Crippen LogP contribution in [0.2, 0.25) is 0 Å². The van der Waals surface area contributed by atoms with Gasteiger partial charge in [0.2, 0.25) is 6.79 Å². The topological polar surface area (TPSA) is 90.1 Å². The zero-order valence-corrected chi connectivity index (χ0v) is 18.5. The average molecular weight is 524 g/mol. The molecule has 29 heavy (non-hydrogen) atoms. The molecular weight excluding hydrogens is 501 g/mol. The molecule has 0 radical (unpaired) electrons. The van der Waals surface area contributed by atoms with Crippen LogP contribution in [0.25, 0.3) is 0 Å². The number of benzene rings is 1. The van der Waals surface area contributed by atoms with Crippen LogP contribution in [0.5, 0.6) is 17.2 Å². The zero-order valence-electron chi connectivity index (χ0n) is 16.2. The summed E-state index contributed by atoms with van der Waals surface area (Å²) in [7, 11) is 1.60. The van der Waals surface area contributed by atoms with Crippen molar-refractivity contribution in [2.75, 3.05) is 13.8 Å². The molecule has 0 bridgehead atoms. The lowest BCUT2D eigenvalue weighted by Crippen LogP contribution is -2.36. The van der Waals surface area contributed by atoms with Crippen molar-refractivity contribution in [3.8, 4) is 17.2 Å². The van der Waals surface area contributed by atoms with Crippen molar-refractivity contribution in [2.45, 2.75) is 39.5 Å². The fourth-order valence-electron chi connectivity index (χ4n) is 2.56. The number of alkyl halides is 2. The van der Waals surface area contributed by atoms with Gasteiger partial charge in [0, 0.05) is 31.3 Å². The van der Waals surface area contributed by atoms with Crippen molar-refractivity contribution < 1.29 is 27.5 Å². The van der Waals surface area contributed by atoms with Crippen LogP contribution in [0.15, 0.2) is 27.7 Å². The van der Waals surface area contributed by atoms with Crippen molar-refractivity contribution in [1.29, 1.82) is 0 Å². The molecule has 2 aromatic rings. The highest BCUT2D eigenvalue weighted by atomic mass is 127. The zero-order chi connectivity index (χ0) is 20.1. The van der Waals surface area contributed by atoms with Gasteiger partial charge in [0.05, 0.1) is 12.2 Å². The van der Waals surface area contributed by atoms with Crippen LogP contribution in [0.4, 0.5) is 8.78 Å². The molecule has 0 unspecified atom stereocenters. The minimum Gasteiger partial charge on any atom is -0.454 e. The highest BCUT2D eigenvalue weighted by molar-refractivity contribution is 14.0. The van der Waals surface area contributed by atoms with E-state index in [4.69, 9.17) is 14.0 Å². The van der Waals surface area contributed by atoms with Gasteiger partial charge in [-0.1, -0.05) is 19.0 Å². The first-order chi connectivity index (χ1) is 13.5. The van der Waals surface area contributed by atoms with E-state index in [-0.39, 0.29) is 49.0 Å². The Bertz CT molecular complexity index is 845. The van der Waals surface area contributed by atoms with E-state index in [1.807, 2.05) is 19.9 Å². The van der Waals surface area contributed by atoms with Crippen molar-refractivity contribution in [1.82, 2.24) is 15.8 Å². The molecule has 0 aliphatic carbocycles. The fourth-order valence-corrected chi connectivity index (χ4v) is 2.56. The minimum absolute atomic E-state index is 0. The molecule has 3 rings (SSSR count). The summed E-state index contributed by atoms with van der Waals surface area (Å²) >= 11 is 0.